The number of alkyl halides is 5. The fraction of sp³-hybridized carbons (Fsp3) is 0.400. The first-order valence-corrected chi connectivity index (χ1v) is 3.71. The molecule has 1 heterocycles. The van der Waals surface area contributed by atoms with Crippen LogP contribution in [0.15, 0.2) is 16.2 Å². The molecule has 0 aliphatic carbocycles. The van der Waals surface area contributed by atoms with Gasteiger partial charge in [-0.3, -0.25) is 0 Å². The van der Waals surface area contributed by atoms with E-state index in [-0.39, 0.29) is 0 Å². The second-order valence-corrected chi connectivity index (χ2v) is 3.11. The molecule has 0 aromatic carbocycles. The van der Waals surface area contributed by atoms with Crippen molar-refractivity contribution in [3.05, 3.63) is 11.2 Å². The van der Waals surface area contributed by atoms with Crippen molar-refractivity contribution in [1.29, 1.82) is 0 Å². The summed E-state index contributed by atoms with van der Waals surface area (Å²) < 4.78 is 59.3. The molecule has 0 unspecified atom stereocenters. The summed E-state index contributed by atoms with van der Waals surface area (Å²) in [5.74, 6) is 0. The van der Waals surface area contributed by atoms with Crippen LogP contribution >= 0.6 is 11.8 Å². The fourth-order valence-corrected chi connectivity index (χ4v) is 1.05. The zero-order chi connectivity index (χ0) is 10.1. The zero-order valence-corrected chi connectivity index (χ0v) is 6.66. The van der Waals surface area contributed by atoms with Crippen LogP contribution in [0, 0.1) is 0 Å². The number of nitrogens with zero attached hydrogens (tertiary/aromatic N) is 2. The normalized spacial score (nSPS) is 17.2. The Hall–Kier alpha value is -0.790. The van der Waals surface area contributed by atoms with Gasteiger partial charge in [-0.15, -0.1) is 0 Å². The van der Waals surface area contributed by atoms with E-state index in [9.17, 15) is 22.0 Å². The number of rotatable bonds is 2. The van der Waals surface area contributed by atoms with Crippen LogP contribution in [0.3, 0.4) is 0 Å². The third-order valence-electron chi connectivity index (χ3n) is 0.999. The lowest BCUT2D eigenvalue weighted by Crippen LogP contribution is -2.32. The van der Waals surface area contributed by atoms with Gasteiger partial charge in [0.15, 0.2) is 0 Å². The third kappa shape index (κ3) is 2.33. The van der Waals surface area contributed by atoms with E-state index in [1.54, 1.807) is 0 Å². The summed E-state index contributed by atoms with van der Waals surface area (Å²) in [5.41, 5.74) is 0. The van der Waals surface area contributed by atoms with Gasteiger partial charge in [0.05, 0.1) is 6.20 Å². The highest BCUT2D eigenvalue weighted by atomic mass is 32.2. The number of aliphatic imine (C=N–C) groups is 1. The van der Waals surface area contributed by atoms with Crippen LogP contribution < -0.4 is 5.32 Å². The molecule has 0 saturated carbocycles. The number of hydrogen-bond acceptors (Lipinski definition) is 2. The molecule has 0 amide bonds. The molecule has 1 radical (unpaired) electrons. The number of thioether (sulfide) groups is 1. The van der Waals surface area contributed by atoms with Crippen LogP contribution in [0.1, 0.15) is 0 Å². The van der Waals surface area contributed by atoms with Gasteiger partial charge < -0.3 is 0 Å². The van der Waals surface area contributed by atoms with E-state index in [0.29, 0.717) is 0 Å². The highest BCUT2D eigenvalue weighted by molar-refractivity contribution is 8.04. The molecule has 1 aliphatic heterocycles. The maximum absolute atomic E-state index is 12.3. The first-order valence-electron chi connectivity index (χ1n) is 2.89. The van der Waals surface area contributed by atoms with Gasteiger partial charge in [-0.2, -0.15) is 22.0 Å². The molecule has 2 nitrogen and oxygen atoms in total. The van der Waals surface area contributed by atoms with Gasteiger partial charge >= 0.3 is 11.4 Å². The van der Waals surface area contributed by atoms with Gasteiger partial charge in [0.25, 0.3) is 0 Å². The predicted octanol–water partition coefficient (Wildman–Crippen LogP) is 2.32. The topological polar surface area (TPSA) is 26.5 Å². The molecule has 1 rings (SSSR count). The van der Waals surface area contributed by atoms with Crippen molar-refractivity contribution >= 4 is 18.1 Å². The van der Waals surface area contributed by atoms with Crippen LogP contribution in [-0.4, -0.2) is 17.8 Å². The minimum atomic E-state index is -5.57. The molecule has 0 spiro atoms. The smallest absolute Gasteiger partial charge is 0.242 e. The van der Waals surface area contributed by atoms with Crippen molar-refractivity contribution in [2.24, 2.45) is 4.99 Å². The van der Waals surface area contributed by atoms with Crippen molar-refractivity contribution in [3.63, 3.8) is 0 Å². The molecule has 0 atom stereocenters. The van der Waals surface area contributed by atoms with E-state index in [2.05, 4.69) is 10.3 Å². The molecule has 0 bridgehead atoms. The summed E-state index contributed by atoms with van der Waals surface area (Å²) >= 11 is -0.672. The Labute approximate surface area is 73.9 Å². The second-order valence-electron chi connectivity index (χ2n) is 1.98. The summed E-state index contributed by atoms with van der Waals surface area (Å²) in [7, 11) is 0. The first-order chi connectivity index (χ1) is 5.83. The van der Waals surface area contributed by atoms with Gasteiger partial charge in [-0.1, -0.05) is 0 Å². The summed E-state index contributed by atoms with van der Waals surface area (Å²) in [6, 6.07) is 0. The van der Waals surface area contributed by atoms with Gasteiger partial charge in [0, 0.05) is 0 Å². The molecular formula is C5H2F5N2S. The standard InChI is InChI=1S/C5H2F5N2S/c6-4(7,8)5(9,10)13-3-1-11-2-12-3/h1-2H. The molecule has 0 saturated heterocycles. The SMILES string of the molecule is FC(F)(F)C(F)(F)SC1=C[N]C=N1. The first kappa shape index (κ1) is 10.3. The Balaban J connectivity index is 2.66. The van der Waals surface area contributed by atoms with Gasteiger partial charge in [0.1, 0.15) is 11.4 Å². The minimum Gasteiger partial charge on any atom is -0.242 e. The Morgan fingerprint density at radius 3 is 2.15 bits per heavy atom. The van der Waals surface area contributed by atoms with E-state index < -0.39 is 28.2 Å². The molecule has 8 heteroatoms. The number of hydrogen-bond donors (Lipinski definition) is 0. The lowest BCUT2D eigenvalue weighted by atomic mass is 10.7. The molecule has 0 N–H and O–H groups in total. The quantitative estimate of drug-likeness (QED) is 0.652. The monoisotopic (exact) mass is 217 g/mol. The van der Waals surface area contributed by atoms with Crippen molar-refractivity contribution in [3.8, 4) is 0 Å². The Morgan fingerprint density at radius 1 is 1.15 bits per heavy atom. The van der Waals surface area contributed by atoms with E-state index in [0.717, 1.165) is 12.5 Å². The zero-order valence-electron chi connectivity index (χ0n) is 5.85. The largest absolute Gasteiger partial charge is 0.464 e. The maximum atomic E-state index is 12.3. The highest BCUT2D eigenvalue weighted by Crippen LogP contribution is 2.47. The summed E-state index contributed by atoms with van der Waals surface area (Å²) in [5, 5.41) is -2.02. The van der Waals surface area contributed by atoms with Gasteiger partial charge in [0.2, 0.25) is 0 Å². The van der Waals surface area contributed by atoms with E-state index in [1.165, 1.54) is 0 Å². The second kappa shape index (κ2) is 3.17. The average molecular weight is 217 g/mol. The predicted molar refractivity (Wildman–Crippen MR) is 37.3 cm³/mol. The summed E-state index contributed by atoms with van der Waals surface area (Å²) in [6.07, 6.45) is -3.84. The molecule has 0 fully saturated rings. The molecule has 13 heavy (non-hydrogen) atoms. The van der Waals surface area contributed by atoms with Crippen LogP contribution in [0.4, 0.5) is 22.0 Å². The van der Waals surface area contributed by atoms with Crippen molar-refractivity contribution in [1.82, 2.24) is 5.32 Å². The number of halogens is 5. The van der Waals surface area contributed by atoms with Gasteiger partial charge in [-0.05, 0) is 11.8 Å². The maximum Gasteiger partial charge on any atom is 0.464 e. The van der Waals surface area contributed by atoms with E-state index in [4.69, 9.17) is 0 Å². The van der Waals surface area contributed by atoms with Crippen molar-refractivity contribution in [2.75, 3.05) is 0 Å². The van der Waals surface area contributed by atoms with Crippen LogP contribution in [-0.2, 0) is 0 Å². The van der Waals surface area contributed by atoms with Crippen LogP contribution in [0.5, 0.6) is 0 Å². The van der Waals surface area contributed by atoms with E-state index >= 15 is 0 Å². The van der Waals surface area contributed by atoms with Crippen LogP contribution in [0.25, 0.3) is 0 Å². The molecule has 0 aromatic heterocycles. The molecule has 73 valence electrons. The molecular weight excluding hydrogens is 215 g/mol. The summed E-state index contributed by atoms with van der Waals surface area (Å²) in [4.78, 5) is 3.19. The van der Waals surface area contributed by atoms with Crippen molar-refractivity contribution in [2.45, 2.75) is 11.4 Å². The lowest BCUT2D eigenvalue weighted by molar-refractivity contribution is -0.237. The highest BCUT2D eigenvalue weighted by Gasteiger charge is 2.59. The Morgan fingerprint density at radius 2 is 1.77 bits per heavy atom. The third-order valence-corrected chi connectivity index (χ3v) is 1.91. The fourth-order valence-electron chi connectivity index (χ4n) is 0.463. The minimum absolute atomic E-state index is 0.456. The Bertz CT molecular complexity index is 256. The van der Waals surface area contributed by atoms with Crippen LogP contribution in [0.2, 0.25) is 0 Å². The molecule has 1 aliphatic rings. The average Bonchev–Trinajstić information content (AvgIpc) is 2.35. The lowest BCUT2D eigenvalue weighted by Gasteiger charge is -2.17. The summed E-state index contributed by atoms with van der Waals surface area (Å²) in [6.45, 7) is 0. The van der Waals surface area contributed by atoms with Gasteiger partial charge in [-0.25, -0.2) is 10.3 Å². The molecule has 0 aromatic rings. The van der Waals surface area contributed by atoms with Crippen molar-refractivity contribution < 1.29 is 22.0 Å². The van der Waals surface area contributed by atoms with E-state index in [1.807, 2.05) is 0 Å². The Kier molecular flexibility index (Phi) is 2.51.